The van der Waals surface area contributed by atoms with E-state index >= 15 is 0 Å². The fourth-order valence-corrected chi connectivity index (χ4v) is 2.59. The number of nitrogens with one attached hydrogen (secondary N) is 1. The molecule has 0 saturated heterocycles. The van der Waals surface area contributed by atoms with Gasteiger partial charge in [-0.15, -0.1) is 0 Å². The van der Waals surface area contributed by atoms with Crippen molar-refractivity contribution in [3.8, 4) is 5.75 Å². The summed E-state index contributed by atoms with van der Waals surface area (Å²) in [5.74, 6) is -1.73. The third kappa shape index (κ3) is 6.04. The number of amides is 1. The Morgan fingerprint density at radius 3 is 2.52 bits per heavy atom. The largest absolute Gasteiger partial charge is 0.423 e. The first-order valence-corrected chi connectivity index (χ1v) is 9.04. The standard InChI is InChI=1S/C22H16FN3O5/c23-20-7-2-1-6-19(20)22(28)31-18-5-3-4-16(12-18)14-24-25-21(27)13-15-8-10-17(11-9-15)26(29)30/h1-12,14H,13H2,(H,25,27). The Morgan fingerprint density at radius 2 is 1.81 bits per heavy atom. The van der Waals surface area contributed by atoms with Gasteiger partial charge in [0.1, 0.15) is 11.6 Å². The van der Waals surface area contributed by atoms with Crippen LogP contribution in [0.2, 0.25) is 0 Å². The molecule has 0 spiro atoms. The molecule has 0 atom stereocenters. The zero-order valence-corrected chi connectivity index (χ0v) is 16.0. The molecular formula is C22H16FN3O5. The van der Waals surface area contributed by atoms with Gasteiger partial charge in [-0.2, -0.15) is 5.10 Å². The second kappa shape index (κ2) is 9.88. The number of nitro groups is 1. The van der Waals surface area contributed by atoms with Crippen molar-refractivity contribution in [2.75, 3.05) is 0 Å². The molecule has 0 radical (unpaired) electrons. The van der Waals surface area contributed by atoms with Gasteiger partial charge in [-0.25, -0.2) is 14.6 Å². The van der Waals surface area contributed by atoms with E-state index in [1.54, 1.807) is 12.1 Å². The van der Waals surface area contributed by atoms with Crippen molar-refractivity contribution >= 4 is 23.8 Å². The van der Waals surface area contributed by atoms with Gasteiger partial charge in [-0.05, 0) is 35.4 Å². The lowest BCUT2D eigenvalue weighted by Gasteiger charge is -2.05. The average Bonchev–Trinajstić information content (AvgIpc) is 2.74. The van der Waals surface area contributed by atoms with Gasteiger partial charge >= 0.3 is 5.97 Å². The number of ether oxygens (including phenoxy) is 1. The first-order valence-electron chi connectivity index (χ1n) is 9.04. The van der Waals surface area contributed by atoms with Crippen molar-refractivity contribution in [2.24, 2.45) is 5.10 Å². The number of hydrogen-bond acceptors (Lipinski definition) is 6. The number of nitrogens with zero attached hydrogens (tertiary/aromatic N) is 2. The third-order valence-electron chi connectivity index (χ3n) is 4.08. The van der Waals surface area contributed by atoms with Gasteiger partial charge in [0.2, 0.25) is 5.91 Å². The summed E-state index contributed by atoms with van der Waals surface area (Å²) in [4.78, 5) is 34.2. The summed E-state index contributed by atoms with van der Waals surface area (Å²) in [5, 5.41) is 14.5. The number of nitro benzene ring substituents is 1. The summed E-state index contributed by atoms with van der Waals surface area (Å²) < 4.78 is 18.9. The van der Waals surface area contributed by atoms with Gasteiger partial charge in [0.05, 0.1) is 23.1 Å². The van der Waals surface area contributed by atoms with E-state index in [1.807, 2.05) is 0 Å². The molecule has 0 heterocycles. The molecule has 0 fully saturated rings. The van der Waals surface area contributed by atoms with Crippen LogP contribution in [0.5, 0.6) is 5.75 Å². The lowest BCUT2D eigenvalue weighted by Crippen LogP contribution is -2.19. The number of benzene rings is 3. The summed E-state index contributed by atoms with van der Waals surface area (Å²) >= 11 is 0. The molecular weight excluding hydrogens is 405 g/mol. The molecule has 8 nitrogen and oxygen atoms in total. The highest BCUT2D eigenvalue weighted by Gasteiger charge is 2.13. The topological polar surface area (TPSA) is 111 Å². The van der Waals surface area contributed by atoms with Crippen LogP contribution in [0, 0.1) is 15.9 Å². The van der Waals surface area contributed by atoms with Crippen LogP contribution in [0.25, 0.3) is 0 Å². The van der Waals surface area contributed by atoms with E-state index in [0.29, 0.717) is 11.1 Å². The Balaban J connectivity index is 1.56. The van der Waals surface area contributed by atoms with Crippen molar-refractivity contribution in [1.82, 2.24) is 5.43 Å². The number of carbonyl (C=O) groups excluding carboxylic acids is 2. The second-order valence-corrected chi connectivity index (χ2v) is 6.34. The molecule has 9 heteroatoms. The van der Waals surface area contributed by atoms with Gasteiger partial charge in [0, 0.05) is 12.1 Å². The zero-order chi connectivity index (χ0) is 22.2. The zero-order valence-electron chi connectivity index (χ0n) is 16.0. The van der Waals surface area contributed by atoms with Crippen LogP contribution in [-0.2, 0) is 11.2 Å². The molecule has 0 aliphatic rings. The van der Waals surface area contributed by atoms with Crippen LogP contribution in [0.1, 0.15) is 21.5 Å². The van der Waals surface area contributed by atoms with E-state index in [2.05, 4.69) is 10.5 Å². The lowest BCUT2D eigenvalue weighted by molar-refractivity contribution is -0.384. The first-order chi connectivity index (χ1) is 14.9. The highest BCUT2D eigenvalue weighted by atomic mass is 19.1. The Hall–Kier alpha value is -4.40. The van der Waals surface area contributed by atoms with Crippen LogP contribution >= 0.6 is 0 Å². The van der Waals surface area contributed by atoms with Gasteiger partial charge in [0.25, 0.3) is 5.69 Å². The minimum atomic E-state index is -0.830. The van der Waals surface area contributed by atoms with Crippen molar-refractivity contribution in [2.45, 2.75) is 6.42 Å². The van der Waals surface area contributed by atoms with E-state index in [9.17, 15) is 24.1 Å². The summed E-state index contributed by atoms with van der Waals surface area (Å²) in [5.41, 5.74) is 3.25. The molecule has 1 amide bonds. The molecule has 0 aromatic heterocycles. The second-order valence-electron chi connectivity index (χ2n) is 6.34. The minimum absolute atomic E-state index is 0.00434. The summed E-state index contributed by atoms with van der Waals surface area (Å²) in [6.45, 7) is 0. The molecule has 0 bridgehead atoms. The van der Waals surface area contributed by atoms with Crippen molar-refractivity contribution < 1.29 is 23.6 Å². The summed E-state index contributed by atoms with van der Waals surface area (Å²) in [6, 6.07) is 17.4. The van der Waals surface area contributed by atoms with Crippen LogP contribution in [0.4, 0.5) is 10.1 Å². The molecule has 3 aromatic carbocycles. The first kappa shape index (κ1) is 21.3. The third-order valence-corrected chi connectivity index (χ3v) is 4.08. The molecule has 0 unspecified atom stereocenters. The SMILES string of the molecule is O=C(Cc1ccc([N+](=O)[O-])cc1)NN=Cc1cccc(OC(=O)c2ccccc2F)c1. The van der Waals surface area contributed by atoms with E-state index in [-0.39, 0.29) is 23.4 Å². The molecule has 0 aliphatic heterocycles. The number of rotatable bonds is 7. The molecule has 0 aliphatic carbocycles. The smallest absolute Gasteiger partial charge is 0.346 e. The number of non-ortho nitro benzene ring substituents is 1. The highest BCUT2D eigenvalue weighted by molar-refractivity contribution is 5.91. The van der Waals surface area contributed by atoms with Crippen molar-refractivity contribution in [3.63, 3.8) is 0 Å². The minimum Gasteiger partial charge on any atom is -0.423 e. The number of hydrogen-bond donors (Lipinski definition) is 1. The average molecular weight is 421 g/mol. The fraction of sp³-hybridized carbons (Fsp3) is 0.0455. The number of hydrazone groups is 1. The number of esters is 1. The van der Waals surface area contributed by atoms with Crippen LogP contribution in [-0.4, -0.2) is 23.0 Å². The maximum Gasteiger partial charge on any atom is 0.346 e. The Bertz CT molecular complexity index is 1150. The maximum atomic E-state index is 13.7. The molecule has 156 valence electrons. The molecule has 3 aromatic rings. The van der Waals surface area contributed by atoms with Gasteiger partial charge in [-0.1, -0.05) is 36.4 Å². The Morgan fingerprint density at radius 1 is 1.06 bits per heavy atom. The van der Waals surface area contributed by atoms with Crippen LogP contribution in [0.15, 0.2) is 77.9 Å². The van der Waals surface area contributed by atoms with E-state index in [1.165, 1.54) is 66.9 Å². The van der Waals surface area contributed by atoms with Crippen LogP contribution in [0.3, 0.4) is 0 Å². The van der Waals surface area contributed by atoms with Crippen molar-refractivity contribution in [3.05, 3.63) is 105 Å². The monoisotopic (exact) mass is 421 g/mol. The van der Waals surface area contributed by atoms with Gasteiger partial charge in [-0.3, -0.25) is 14.9 Å². The summed E-state index contributed by atoms with van der Waals surface area (Å²) in [6.07, 6.45) is 1.35. The number of halogens is 1. The van der Waals surface area contributed by atoms with Crippen LogP contribution < -0.4 is 10.2 Å². The molecule has 0 saturated carbocycles. The Kier molecular flexibility index (Phi) is 6.79. The van der Waals surface area contributed by atoms with Gasteiger partial charge < -0.3 is 4.74 Å². The van der Waals surface area contributed by atoms with Gasteiger partial charge in [0.15, 0.2) is 0 Å². The predicted molar refractivity (Wildman–Crippen MR) is 110 cm³/mol. The normalized spacial score (nSPS) is 10.6. The van der Waals surface area contributed by atoms with E-state index in [0.717, 1.165) is 0 Å². The summed E-state index contributed by atoms with van der Waals surface area (Å²) in [7, 11) is 0. The fourth-order valence-electron chi connectivity index (χ4n) is 2.59. The Labute approximate surface area is 176 Å². The maximum absolute atomic E-state index is 13.7. The highest BCUT2D eigenvalue weighted by Crippen LogP contribution is 2.16. The molecule has 31 heavy (non-hydrogen) atoms. The lowest BCUT2D eigenvalue weighted by atomic mass is 10.1. The molecule has 3 rings (SSSR count). The molecule has 1 N–H and O–H groups in total. The van der Waals surface area contributed by atoms with Crippen molar-refractivity contribution in [1.29, 1.82) is 0 Å². The quantitative estimate of drug-likeness (QED) is 0.206. The van der Waals surface area contributed by atoms with E-state index < -0.39 is 22.6 Å². The predicted octanol–water partition coefficient (Wildman–Crippen LogP) is 3.65. The number of carbonyl (C=O) groups is 2. The van der Waals surface area contributed by atoms with E-state index in [4.69, 9.17) is 4.74 Å².